The van der Waals surface area contributed by atoms with Gasteiger partial charge in [-0.15, -0.1) is 24.0 Å². The molecule has 0 spiro atoms. The highest BCUT2D eigenvalue weighted by Crippen LogP contribution is 2.12. The molecule has 0 saturated heterocycles. The van der Waals surface area contributed by atoms with Crippen molar-refractivity contribution in [1.82, 2.24) is 20.6 Å². The summed E-state index contributed by atoms with van der Waals surface area (Å²) < 4.78 is 5.79. The molecular weight excluding hydrogens is 477 g/mol. The van der Waals surface area contributed by atoms with Crippen LogP contribution >= 0.6 is 24.0 Å². The van der Waals surface area contributed by atoms with Crippen LogP contribution in [0.2, 0.25) is 0 Å². The minimum Gasteiger partial charge on any atom is -0.473 e. The molecule has 2 N–H and O–H groups in total. The number of guanidine groups is 1. The lowest BCUT2D eigenvalue weighted by Crippen LogP contribution is -2.37. The van der Waals surface area contributed by atoms with E-state index in [2.05, 4.69) is 25.6 Å². The van der Waals surface area contributed by atoms with Crippen molar-refractivity contribution in [2.75, 3.05) is 6.54 Å². The number of nitrogens with zero attached hydrogens (tertiary/aromatic N) is 3. The molecule has 0 atom stereocenters. The summed E-state index contributed by atoms with van der Waals surface area (Å²) >= 11 is 0. The summed E-state index contributed by atoms with van der Waals surface area (Å²) in [6, 6.07) is 19.8. The molecule has 0 bridgehead atoms. The van der Waals surface area contributed by atoms with Crippen LogP contribution < -0.4 is 15.4 Å². The van der Waals surface area contributed by atoms with Crippen molar-refractivity contribution >= 4 is 29.9 Å². The second kappa shape index (κ2) is 12.7. The van der Waals surface area contributed by atoms with Crippen LogP contribution in [0.25, 0.3) is 0 Å². The Morgan fingerprint density at radius 1 is 0.931 bits per heavy atom. The van der Waals surface area contributed by atoms with Crippen LogP contribution in [0, 0.1) is 0 Å². The number of halogens is 1. The highest BCUT2D eigenvalue weighted by molar-refractivity contribution is 14.0. The molecule has 0 aliphatic carbocycles. The first kappa shape index (κ1) is 22.6. The lowest BCUT2D eigenvalue weighted by Gasteiger charge is -2.11. The topological polar surface area (TPSA) is 71.4 Å². The van der Waals surface area contributed by atoms with Crippen LogP contribution in [0.1, 0.15) is 23.7 Å². The van der Waals surface area contributed by atoms with E-state index >= 15 is 0 Å². The molecule has 6 nitrogen and oxygen atoms in total. The summed E-state index contributed by atoms with van der Waals surface area (Å²) in [6.45, 7) is 4.47. The van der Waals surface area contributed by atoms with Crippen LogP contribution in [0.5, 0.6) is 5.88 Å². The Morgan fingerprint density at radius 3 is 2.52 bits per heavy atom. The van der Waals surface area contributed by atoms with Crippen LogP contribution in [-0.4, -0.2) is 22.5 Å². The van der Waals surface area contributed by atoms with E-state index in [9.17, 15) is 0 Å². The predicted molar refractivity (Wildman–Crippen MR) is 126 cm³/mol. The molecular formula is C22H26IN5O. The third-order valence-corrected chi connectivity index (χ3v) is 3.96. The minimum atomic E-state index is 0. The van der Waals surface area contributed by atoms with Crippen LogP contribution in [0.4, 0.5) is 0 Å². The van der Waals surface area contributed by atoms with Crippen molar-refractivity contribution < 1.29 is 4.74 Å². The number of pyridine rings is 2. The number of hydrogen-bond acceptors (Lipinski definition) is 4. The fraction of sp³-hybridized carbons (Fsp3) is 0.227. The summed E-state index contributed by atoms with van der Waals surface area (Å²) in [7, 11) is 0. The molecule has 0 aliphatic rings. The average molecular weight is 503 g/mol. The van der Waals surface area contributed by atoms with Crippen LogP contribution in [0.15, 0.2) is 78.0 Å². The SMILES string of the molecule is CCNC(=NCc1ccnc(OCc2ccccc2)c1)NCc1ccccn1.I. The predicted octanol–water partition coefficient (Wildman–Crippen LogP) is 3.93. The lowest BCUT2D eigenvalue weighted by atomic mass is 10.2. The molecule has 0 amide bonds. The van der Waals surface area contributed by atoms with Gasteiger partial charge >= 0.3 is 0 Å². The molecule has 152 valence electrons. The standard InChI is InChI=1S/C22H25N5O.HI/c1-2-23-22(27-16-20-10-6-7-12-24-20)26-15-19-11-13-25-21(14-19)28-17-18-8-4-3-5-9-18;/h3-14H,2,15-17H2,1H3,(H2,23,26,27);1H. The third-order valence-electron chi connectivity index (χ3n) is 3.96. The van der Waals surface area contributed by atoms with Gasteiger partial charge in [0.2, 0.25) is 5.88 Å². The number of aromatic nitrogens is 2. The van der Waals surface area contributed by atoms with E-state index in [-0.39, 0.29) is 24.0 Å². The highest BCUT2D eigenvalue weighted by Gasteiger charge is 2.02. The van der Waals surface area contributed by atoms with Gasteiger partial charge < -0.3 is 15.4 Å². The molecule has 29 heavy (non-hydrogen) atoms. The lowest BCUT2D eigenvalue weighted by molar-refractivity contribution is 0.293. The first-order valence-electron chi connectivity index (χ1n) is 9.37. The first-order chi connectivity index (χ1) is 13.8. The number of ether oxygens (including phenoxy) is 1. The second-order valence-corrected chi connectivity index (χ2v) is 6.15. The second-order valence-electron chi connectivity index (χ2n) is 6.15. The maximum Gasteiger partial charge on any atom is 0.213 e. The monoisotopic (exact) mass is 503 g/mol. The molecule has 0 radical (unpaired) electrons. The molecule has 0 fully saturated rings. The molecule has 0 aliphatic heterocycles. The molecule has 7 heteroatoms. The number of rotatable bonds is 8. The van der Waals surface area contributed by atoms with Gasteiger partial charge in [0, 0.05) is 25.0 Å². The summed E-state index contributed by atoms with van der Waals surface area (Å²) in [5, 5.41) is 6.55. The summed E-state index contributed by atoms with van der Waals surface area (Å²) in [6.07, 6.45) is 3.54. The minimum absolute atomic E-state index is 0. The quantitative estimate of drug-likeness (QED) is 0.277. The van der Waals surface area contributed by atoms with E-state index in [0.29, 0.717) is 25.6 Å². The van der Waals surface area contributed by atoms with Crippen molar-refractivity contribution in [2.45, 2.75) is 26.6 Å². The number of benzene rings is 1. The zero-order valence-corrected chi connectivity index (χ0v) is 18.7. The van der Waals surface area contributed by atoms with Gasteiger partial charge in [-0.1, -0.05) is 36.4 Å². The maximum absolute atomic E-state index is 5.79. The maximum atomic E-state index is 5.79. The summed E-state index contributed by atoms with van der Waals surface area (Å²) in [5.74, 6) is 1.35. The highest BCUT2D eigenvalue weighted by atomic mass is 127. The number of nitrogens with one attached hydrogen (secondary N) is 2. The summed E-state index contributed by atoms with van der Waals surface area (Å²) in [4.78, 5) is 13.2. The van der Waals surface area contributed by atoms with Gasteiger partial charge in [-0.25, -0.2) is 9.98 Å². The average Bonchev–Trinajstić information content (AvgIpc) is 2.76. The van der Waals surface area contributed by atoms with E-state index in [0.717, 1.165) is 29.3 Å². The first-order valence-corrected chi connectivity index (χ1v) is 9.37. The summed E-state index contributed by atoms with van der Waals surface area (Å²) in [5.41, 5.74) is 3.11. The number of aliphatic imine (C=N–C) groups is 1. The third kappa shape index (κ3) is 8.06. The molecule has 0 unspecified atom stereocenters. The Bertz CT molecular complexity index is 875. The Hall–Kier alpha value is -2.68. The molecule has 2 heterocycles. The van der Waals surface area contributed by atoms with Crippen molar-refractivity contribution in [2.24, 2.45) is 4.99 Å². The van der Waals surface area contributed by atoms with Crippen LogP contribution in [0.3, 0.4) is 0 Å². The zero-order valence-electron chi connectivity index (χ0n) is 16.4. The van der Waals surface area contributed by atoms with Gasteiger partial charge in [-0.3, -0.25) is 4.98 Å². The molecule has 3 aromatic rings. The smallest absolute Gasteiger partial charge is 0.213 e. The van der Waals surface area contributed by atoms with Crippen molar-refractivity contribution in [3.63, 3.8) is 0 Å². The molecule has 1 aromatic carbocycles. The van der Waals surface area contributed by atoms with Gasteiger partial charge in [0.1, 0.15) is 6.61 Å². The Labute approximate surface area is 188 Å². The Balaban J connectivity index is 0.00000300. The van der Waals surface area contributed by atoms with Crippen molar-refractivity contribution in [3.05, 3.63) is 89.9 Å². The van der Waals surface area contributed by atoms with E-state index in [1.807, 2.05) is 67.6 Å². The van der Waals surface area contributed by atoms with Crippen molar-refractivity contribution in [1.29, 1.82) is 0 Å². The van der Waals surface area contributed by atoms with Gasteiger partial charge in [0.15, 0.2) is 5.96 Å². The number of hydrogen-bond donors (Lipinski definition) is 2. The van der Waals surface area contributed by atoms with Gasteiger partial charge in [0.25, 0.3) is 0 Å². The van der Waals surface area contributed by atoms with E-state index in [1.165, 1.54) is 0 Å². The Kier molecular flexibility index (Phi) is 9.91. The van der Waals surface area contributed by atoms with Crippen molar-refractivity contribution in [3.8, 4) is 5.88 Å². The Morgan fingerprint density at radius 2 is 1.76 bits per heavy atom. The largest absolute Gasteiger partial charge is 0.473 e. The molecule has 0 saturated carbocycles. The van der Waals surface area contributed by atoms with Gasteiger partial charge in [-0.05, 0) is 36.2 Å². The van der Waals surface area contributed by atoms with E-state index < -0.39 is 0 Å². The molecule has 3 rings (SSSR count). The van der Waals surface area contributed by atoms with E-state index in [1.54, 1.807) is 12.4 Å². The van der Waals surface area contributed by atoms with Gasteiger partial charge in [-0.2, -0.15) is 0 Å². The fourth-order valence-corrected chi connectivity index (χ4v) is 2.55. The fourth-order valence-electron chi connectivity index (χ4n) is 2.55. The van der Waals surface area contributed by atoms with Crippen LogP contribution in [-0.2, 0) is 19.7 Å². The normalized spacial score (nSPS) is 10.7. The van der Waals surface area contributed by atoms with E-state index in [4.69, 9.17) is 4.74 Å². The zero-order chi connectivity index (χ0) is 19.4. The van der Waals surface area contributed by atoms with Gasteiger partial charge in [0.05, 0.1) is 18.8 Å². The molecule has 2 aromatic heterocycles.